The van der Waals surface area contributed by atoms with E-state index >= 15 is 0 Å². The third-order valence-corrected chi connectivity index (χ3v) is 3.56. The molecule has 2 aromatic carbocycles. The molecule has 25 heavy (non-hydrogen) atoms. The van der Waals surface area contributed by atoms with E-state index in [1.54, 1.807) is 12.4 Å². The predicted molar refractivity (Wildman–Crippen MR) is 93.8 cm³/mol. The van der Waals surface area contributed by atoms with Gasteiger partial charge in [0.2, 0.25) is 0 Å². The molecule has 0 fully saturated rings. The Labute approximate surface area is 142 Å². The number of aromatic amines is 1. The lowest BCUT2D eigenvalue weighted by atomic mass is 10.0. The summed E-state index contributed by atoms with van der Waals surface area (Å²) in [4.78, 5) is 26.4. The van der Waals surface area contributed by atoms with Crippen LogP contribution in [0.1, 0.15) is 10.4 Å². The molecule has 3 aromatic rings. The van der Waals surface area contributed by atoms with Gasteiger partial charge in [-0.25, -0.2) is 9.18 Å². The van der Waals surface area contributed by atoms with Crippen LogP contribution >= 0.6 is 0 Å². The van der Waals surface area contributed by atoms with E-state index in [1.165, 1.54) is 12.1 Å². The maximum Gasteiger partial charge on any atom is 0.316 e. The normalized spacial score (nSPS) is 10.3. The van der Waals surface area contributed by atoms with Crippen LogP contribution in [-0.4, -0.2) is 16.9 Å². The first-order chi connectivity index (χ1) is 12.0. The van der Waals surface area contributed by atoms with Gasteiger partial charge in [0.1, 0.15) is 5.82 Å². The molecule has 0 aliphatic heterocycles. The quantitative estimate of drug-likeness (QED) is 0.585. The molecule has 0 aliphatic carbocycles. The van der Waals surface area contributed by atoms with E-state index in [0.29, 0.717) is 11.3 Å². The van der Waals surface area contributed by atoms with Crippen molar-refractivity contribution in [3.63, 3.8) is 0 Å². The number of benzene rings is 2. The van der Waals surface area contributed by atoms with E-state index in [0.717, 1.165) is 17.2 Å². The van der Waals surface area contributed by atoms with Gasteiger partial charge in [-0.05, 0) is 23.8 Å². The Morgan fingerprint density at radius 1 is 1.00 bits per heavy atom. The highest BCUT2D eigenvalue weighted by molar-refractivity contribution is 6.09. The van der Waals surface area contributed by atoms with Crippen LogP contribution in [0.3, 0.4) is 0 Å². The van der Waals surface area contributed by atoms with Crippen molar-refractivity contribution in [3.8, 4) is 11.1 Å². The summed E-state index contributed by atoms with van der Waals surface area (Å²) < 4.78 is 13.6. The average Bonchev–Trinajstić information content (AvgIpc) is 3.08. The minimum absolute atomic E-state index is 0.109. The van der Waals surface area contributed by atoms with Crippen molar-refractivity contribution >= 4 is 23.3 Å². The van der Waals surface area contributed by atoms with Gasteiger partial charge >= 0.3 is 6.03 Å². The lowest BCUT2D eigenvalue weighted by Gasteiger charge is -2.09. The van der Waals surface area contributed by atoms with Crippen LogP contribution in [0.4, 0.5) is 20.6 Å². The van der Waals surface area contributed by atoms with Crippen molar-refractivity contribution in [3.05, 3.63) is 72.3 Å². The minimum Gasteiger partial charge on any atom is -0.366 e. The molecule has 126 valence electrons. The molecule has 0 unspecified atom stereocenters. The Balaban J connectivity index is 1.84. The van der Waals surface area contributed by atoms with Gasteiger partial charge in [0.05, 0.1) is 11.3 Å². The Bertz CT molecular complexity index is 922. The number of H-pyrrole nitrogens is 1. The Morgan fingerprint density at radius 2 is 1.76 bits per heavy atom. The van der Waals surface area contributed by atoms with Gasteiger partial charge in [0.25, 0.3) is 5.91 Å². The number of aromatic nitrogens is 1. The lowest BCUT2D eigenvalue weighted by Crippen LogP contribution is -2.20. The summed E-state index contributed by atoms with van der Waals surface area (Å²) in [6, 6.07) is 12.4. The molecule has 6 nitrogen and oxygen atoms in total. The van der Waals surface area contributed by atoms with Gasteiger partial charge in [-0.2, -0.15) is 0 Å². The van der Waals surface area contributed by atoms with Gasteiger partial charge in [-0.3, -0.25) is 4.79 Å². The Kier molecular flexibility index (Phi) is 4.47. The molecule has 0 atom stereocenters. The van der Waals surface area contributed by atoms with Crippen molar-refractivity contribution < 1.29 is 14.0 Å². The number of rotatable bonds is 4. The number of hydrogen-bond donors (Lipinski definition) is 4. The molecule has 0 saturated heterocycles. The number of carbonyl (C=O) groups excluding carboxylic acids is 2. The topological polar surface area (TPSA) is 100 Å². The van der Waals surface area contributed by atoms with Crippen LogP contribution in [0.2, 0.25) is 0 Å². The molecular formula is C18H15FN4O2. The second-order valence-corrected chi connectivity index (χ2v) is 5.29. The number of carbonyl (C=O) groups is 2. The van der Waals surface area contributed by atoms with Crippen molar-refractivity contribution in [2.24, 2.45) is 5.73 Å². The van der Waals surface area contributed by atoms with E-state index in [2.05, 4.69) is 15.6 Å². The van der Waals surface area contributed by atoms with Crippen LogP contribution in [0, 0.1) is 5.82 Å². The molecule has 1 aromatic heterocycles. The van der Waals surface area contributed by atoms with Gasteiger partial charge in [0.15, 0.2) is 0 Å². The van der Waals surface area contributed by atoms with Gasteiger partial charge in [0, 0.05) is 23.6 Å². The summed E-state index contributed by atoms with van der Waals surface area (Å²) in [6.07, 6.45) is 3.32. The monoisotopic (exact) mass is 338 g/mol. The zero-order valence-corrected chi connectivity index (χ0v) is 13.0. The van der Waals surface area contributed by atoms with Crippen LogP contribution in [0.5, 0.6) is 0 Å². The first kappa shape index (κ1) is 16.3. The van der Waals surface area contributed by atoms with Crippen LogP contribution in [0.15, 0.2) is 60.9 Å². The number of halogens is 1. The molecule has 0 radical (unpaired) electrons. The first-order valence-corrected chi connectivity index (χ1v) is 7.44. The van der Waals surface area contributed by atoms with E-state index in [1.807, 2.05) is 30.3 Å². The molecule has 5 N–H and O–H groups in total. The molecular weight excluding hydrogens is 323 g/mol. The molecule has 0 spiro atoms. The number of urea groups is 1. The van der Waals surface area contributed by atoms with Crippen LogP contribution in [-0.2, 0) is 0 Å². The largest absolute Gasteiger partial charge is 0.366 e. The van der Waals surface area contributed by atoms with E-state index in [9.17, 15) is 14.0 Å². The fourth-order valence-corrected chi connectivity index (χ4v) is 2.44. The molecule has 1 heterocycles. The standard InChI is InChI=1S/C18H15FN4O2/c19-15-7-6-12(8-16(15)23-18(20)25)22-17(24)14-10-21-9-13(14)11-4-2-1-3-5-11/h1-10,21H,(H,22,24)(H3,20,23,25). The SMILES string of the molecule is NC(=O)Nc1cc(NC(=O)c2c[nH]cc2-c2ccccc2)ccc1F. The van der Waals surface area contributed by atoms with Crippen molar-refractivity contribution in [2.45, 2.75) is 0 Å². The smallest absolute Gasteiger partial charge is 0.316 e. The zero-order chi connectivity index (χ0) is 17.8. The molecule has 3 amide bonds. The third-order valence-electron chi connectivity index (χ3n) is 3.56. The van der Waals surface area contributed by atoms with E-state index in [4.69, 9.17) is 5.73 Å². The zero-order valence-electron chi connectivity index (χ0n) is 13.0. The number of nitrogens with one attached hydrogen (secondary N) is 3. The number of amides is 3. The fourth-order valence-electron chi connectivity index (χ4n) is 2.44. The summed E-state index contributed by atoms with van der Waals surface area (Å²) in [5.74, 6) is -1.01. The average molecular weight is 338 g/mol. The molecule has 0 saturated carbocycles. The number of anilines is 2. The van der Waals surface area contributed by atoms with Crippen LogP contribution < -0.4 is 16.4 Å². The summed E-state index contributed by atoms with van der Waals surface area (Å²) in [6.45, 7) is 0. The number of nitrogens with two attached hydrogens (primary N) is 1. The summed E-state index contributed by atoms with van der Waals surface area (Å²) in [5, 5.41) is 4.84. The first-order valence-electron chi connectivity index (χ1n) is 7.44. The highest BCUT2D eigenvalue weighted by atomic mass is 19.1. The van der Waals surface area contributed by atoms with Crippen molar-refractivity contribution in [1.82, 2.24) is 4.98 Å². The number of primary amides is 1. The van der Waals surface area contributed by atoms with Gasteiger partial charge < -0.3 is 21.4 Å². The molecule has 3 rings (SSSR count). The second-order valence-electron chi connectivity index (χ2n) is 5.29. The Morgan fingerprint density at radius 3 is 2.48 bits per heavy atom. The second kappa shape index (κ2) is 6.88. The summed E-state index contributed by atoms with van der Waals surface area (Å²) in [7, 11) is 0. The van der Waals surface area contributed by atoms with Crippen molar-refractivity contribution in [2.75, 3.05) is 10.6 Å². The van der Waals surface area contributed by atoms with Gasteiger partial charge in [-0.1, -0.05) is 30.3 Å². The Hall–Kier alpha value is -3.61. The van der Waals surface area contributed by atoms with Gasteiger partial charge in [-0.15, -0.1) is 0 Å². The molecule has 0 bridgehead atoms. The maximum absolute atomic E-state index is 13.6. The van der Waals surface area contributed by atoms with Crippen molar-refractivity contribution in [1.29, 1.82) is 0 Å². The summed E-state index contributed by atoms with van der Waals surface area (Å²) >= 11 is 0. The highest BCUT2D eigenvalue weighted by Gasteiger charge is 2.15. The van der Waals surface area contributed by atoms with Crippen LogP contribution in [0.25, 0.3) is 11.1 Å². The number of hydrogen-bond acceptors (Lipinski definition) is 2. The third kappa shape index (κ3) is 3.66. The highest BCUT2D eigenvalue weighted by Crippen LogP contribution is 2.25. The maximum atomic E-state index is 13.6. The minimum atomic E-state index is -0.889. The summed E-state index contributed by atoms with van der Waals surface area (Å²) in [5.41, 5.74) is 7.30. The van der Waals surface area contributed by atoms with E-state index < -0.39 is 11.8 Å². The molecule has 7 heteroatoms. The lowest BCUT2D eigenvalue weighted by molar-refractivity contribution is 0.102. The fraction of sp³-hybridized carbons (Fsp3) is 0. The van der Waals surface area contributed by atoms with E-state index in [-0.39, 0.29) is 11.6 Å². The predicted octanol–water partition coefficient (Wildman–Crippen LogP) is 3.56. The molecule has 0 aliphatic rings.